The lowest BCUT2D eigenvalue weighted by molar-refractivity contribution is 0.415. The molecule has 0 bridgehead atoms. The van der Waals surface area contributed by atoms with E-state index in [1.54, 1.807) is 25.5 Å². The van der Waals surface area contributed by atoms with Crippen molar-refractivity contribution in [2.45, 2.75) is 4.83 Å². The first-order valence-electron chi connectivity index (χ1n) is 4.94. The summed E-state index contributed by atoms with van der Waals surface area (Å²) in [6, 6.07) is 5.33. The molecule has 1 atom stereocenters. The second-order valence-electron chi connectivity index (χ2n) is 3.52. The number of hydrogen-bond acceptors (Lipinski definition) is 2. The minimum absolute atomic E-state index is 0.110. The van der Waals surface area contributed by atoms with Gasteiger partial charge in [-0.1, -0.05) is 39.1 Å². The summed E-state index contributed by atoms with van der Waals surface area (Å²) < 4.78 is 11.0. The lowest BCUT2D eigenvalue weighted by Gasteiger charge is -2.13. The van der Waals surface area contributed by atoms with Gasteiger partial charge in [0.05, 0.1) is 23.2 Å². The van der Waals surface area contributed by atoms with Crippen LogP contribution in [-0.4, -0.2) is 7.11 Å². The van der Waals surface area contributed by atoms with Crippen molar-refractivity contribution in [1.82, 2.24) is 0 Å². The number of furan rings is 1. The van der Waals surface area contributed by atoms with Gasteiger partial charge < -0.3 is 9.15 Å². The molecule has 0 aliphatic rings. The van der Waals surface area contributed by atoms with Crippen LogP contribution in [0, 0.1) is 0 Å². The van der Waals surface area contributed by atoms with Gasteiger partial charge in [0.1, 0.15) is 5.75 Å². The third-order valence-corrected chi connectivity index (χ3v) is 4.72. The zero-order valence-corrected chi connectivity index (χ0v) is 13.9. The maximum Gasteiger partial charge on any atom is 0.173 e. The molecule has 0 fully saturated rings. The highest BCUT2D eigenvalue weighted by Gasteiger charge is 2.20. The number of rotatable bonds is 3. The molecule has 0 aliphatic heterocycles. The van der Waals surface area contributed by atoms with E-state index in [1.165, 1.54) is 0 Å². The van der Waals surface area contributed by atoms with Crippen LogP contribution in [0.4, 0.5) is 0 Å². The lowest BCUT2D eigenvalue weighted by Crippen LogP contribution is -1.95. The minimum atomic E-state index is -0.110. The van der Waals surface area contributed by atoms with Gasteiger partial charge in [-0.05, 0) is 33.6 Å². The second-order valence-corrected chi connectivity index (χ2v) is 5.97. The summed E-state index contributed by atoms with van der Waals surface area (Å²) in [5.74, 6) is 0.552. The molecule has 2 aromatic rings. The SMILES string of the molecule is COc1cc(Cl)c(C(Br)c2ccoc2Br)cc1Cl. The van der Waals surface area contributed by atoms with Crippen LogP contribution < -0.4 is 4.74 Å². The molecule has 2 nitrogen and oxygen atoms in total. The molecule has 1 aromatic carbocycles. The van der Waals surface area contributed by atoms with E-state index in [2.05, 4.69) is 31.9 Å². The summed E-state index contributed by atoms with van der Waals surface area (Å²) >= 11 is 19.3. The Kier molecular flexibility index (Phi) is 4.64. The van der Waals surface area contributed by atoms with Crippen LogP contribution in [0.5, 0.6) is 5.75 Å². The van der Waals surface area contributed by atoms with Gasteiger partial charge in [0, 0.05) is 16.7 Å². The normalized spacial score (nSPS) is 12.5. The van der Waals surface area contributed by atoms with E-state index in [4.69, 9.17) is 32.4 Å². The van der Waals surface area contributed by atoms with Crippen LogP contribution in [0.25, 0.3) is 0 Å². The van der Waals surface area contributed by atoms with E-state index in [1.807, 2.05) is 6.07 Å². The van der Waals surface area contributed by atoms with Crippen LogP contribution in [-0.2, 0) is 0 Å². The largest absolute Gasteiger partial charge is 0.495 e. The maximum atomic E-state index is 6.23. The van der Waals surface area contributed by atoms with Crippen molar-refractivity contribution < 1.29 is 9.15 Å². The number of halogens is 4. The highest BCUT2D eigenvalue weighted by Crippen LogP contribution is 2.42. The molecule has 96 valence electrons. The second kappa shape index (κ2) is 5.87. The van der Waals surface area contributed by atoms with E-state index in [0.717, 1.165) is 11.1 Å². The molecular weight excluding hydrogens is 407 g/mol. The van der Waals surface area contributed by atoms with Gasteiger partial charge in [0.15, 0.2) is 4.67 Å². The van der Waals surface area contributed by atoms with Crippen LogP contribution in [0.15, 0.2) is 33.5 Å². The van der Waals surface area contributed by atoms with Crippen LogP contribution in [0.1, 0.15) is 16.0 Å². The van der Waals surface area contributed by atoms with Gasteiger partial charge in [0.25, 0.3) is 0 Å². The predicted octanol–water partition coefficient (Wildman–Crippen LogP) is 5.84. The number of ether oxygens (including phenoxy) is 1. The van der Waals surface area contributed by atoms with Crippen LogP contribution in [0.2, 0.25) is 10.0 Å². The molecule has 0 N–H and O–H groups in total. The van der Waals surface area contributed by atoms with Gasteiger partial charge in [-0.15, -0.1) is 0 Å². The molecule has 0 spiro atoms. The third kappa shape index (κ3) is 2.72. The highest BCUT2D eigenvalue weighted by atomic mass is 79.9. The predicted molar refractivity (Wildman–Crippen MR) is 80.2 cm³/mol. The summed E-state index contributed by atoms with van der Waals surface area (Å²) in [5, 5.41) is 1.09. The van der Waals surface area contributed by atoms with E-state index in [0.29, 0.717) is 20.5 Å². The average Bonchev–Trinajstić information content (AvgIpc) is 2.77. The number of alkyl halides is 1. The van der Waals surface area contributed by atoms with Crippen molar-refractivity contribution in [1.29, 1.82) is 0 Å². The molecule has 0 radical (unpaired) electrons. The van der Waals surface area contributed by atoms with Crippen molar-refractivity contribution in [3.63, 3.8) is 0 Å². The summed E-state index contributed by atoms with van der Waals surface area (Å²) in [4.78, 5) is -0.110. The molecule has 0 saturated heterocycles. The van der Waals surface area contributed by atoms with Crippen molar-refractivity contribution in [3.05, 3.63) is 50.3 Å². The number of hydrogen-bond donors (Lipinski definition) is 0. The van der Waals surface area contributed by atoms with E-state index in [-0.39, 0.29) is 4.83 Å². The average molecular weight is 415 g/mol. The standard InChI is InChI=1S/C12H8Br2Cl2O2/c1-17-10-5-8(15)7(4-9(10)16)11(13)6-2-3-18-12(6)14/h2-5,11H,1H3. The lowest BCUT2D eigenvalue weighted by atomic mass is 10.1. The van der Waals surface area contributed by atoms with Gasteiger partial charge in [-0.25, -0.2) is 0 Å². The zero-order valence-electron chi connectivity index (χ0n) is 9.22. The fraction of sp³-hybridized carbons (Fsp3) is 0.167. The quantitative estimate of drug-likeness (QED) is 0.588. The Morgan fingerprint density at radius 1 is 1.22 bits per heavy atom. The fourth-order valence-electron chi connectivity index (χ4n) is 1.55. The Hall–Kier alpha value is -0.160. The Labute approximate surface area is 131 Å². The summed E-state index contributed by atoms with van der Waals surface area (Å²) in [6.07, 6.45) is 1.60. The summed E-state index contributed by atoms with van der Waals surface area (Å²) in [7, 11) is 1.55. The van der Waals surface area contributed by atoms with Gasteiger partial charge in [-0.3, -0.25) is 0 Å². The van der Waals surface area contributed by atoms with Crippen molar-refractivity contribution in [3.8, 4) is 5.75 Å². The number of methoxy groups -OCH3 is 1. The molecule has 0 aliphatic carbocycles. The Morgan fingerprint density at radius 3 is 2.50 bits per heavy atom. The summed E-state index contributed by atoms with van der Waals surface area (Å²) in [5.41, 5.74) is 1.79. The number of benzene rings is 1. The van der Waals surface area contributed by atoms with Crippen molar-refractivity contribution in [2.75, 3.05) is 7.11 Å². The molecule has 2 rings (SSSR count). The zero-order chi connectivity index (χ0) is 13.3. The van der Waals surface area contributed by atoms with E-state index in [9.17, 15) is 0 Å². The van der Waals surface area contributed by atoms with E-state index < -0.39 is 0 Å². The topological polar surface area (TPSA) is 22.4 Å². The van der Waals surface area contributed by atoms with Crippen molar-refractivity contribution in [2.24, 2.45) is 0 Å². The molecule has 0 saturated carbocycles. The first kappa shape index (κ1) is 14.3. The first-order chi connectivity index (χ1) is 8.54. The van der Waals surface area contributed by atoms with Gasteiger partial charge >= 0.3 is 0 Å². The maximum absolute atomic E-state index is 6.23. The fourth-order valence-corrected chi connectivity index (χ4v) is 3.71. The molecule has 1 aromatic heterocycles. The van der Waals surface area contributed by atoms with Gasteiger partial charge in [-0.2, -0.15) is 0 Å². The van der Waals surface area contributed by atoms with Crippen LogP contribution in [0.3, 0.4) is 0 Å². The van der Waals surface area contributed by atoms with Gasteiger partial charge in [0.2, 0.25) is 0 Å². The Morgan fingerprint density at radius 2 is 1.94 bits per heavy atom. The van der Waals surface area contributed by atoms with Crippen molar-refractivity contribution >= 4 is 55.1 Å². The molecule has 1 heterocycles. The van der Waals surface area contributed by atoms with Crippen LogP contribution >= 0.6 is 55.1 Å². The molecule has 18 heavy (non-hydrogen) atoms. The summed E-state index contributed by atoms with van der Waals surface area (Å²) in [6.45, 7) is 0. The molecule has 6 heteroatoms. The minimum Gasteiger partial charge on any atom is -0.495 e. The molecule has 0 amide bonds. The Bertz CT molecular complexity index is 569. The smallest absolute Gasteiger partial charge is 0.173 e. The van der Waals surface area contributed by atoms with E-state index >= 15 is 0 Å². The monoisotopic (exact) mass is 412 g/mol. The third-order valence-electron chi connectivity index (χ3n) is 2.46. The molecular formula is C12H8Br2Cl2O2. The first-order valence-corrected chi connectivity index (χ1v) is 7.41. The molecule has 1 unspecified atom stereocenters. The highest BCUT2D eigenvalue weighted by molar-refractivity contribution is 9.10. The Balaban J connectivity index is 2.46.